The van der Waals surface area contributed by atoms with Crippen molar-refractivity contribution in [3.05, 3.63) is 29.3 Å². The predicted molar refractivity (Wildman–Crippen MR) is 65.5 cm³/mol. The molecule has 0 spiro atoms. The molecule has 0 radical (unpaired) electrons. The van der Waals surface area contributed by atoms with E-state index in [2.05, 4.69) is 11.4 Å². The first-order valence-corrected chi connectivity index (χ1v) is 5.53. The van der Waals surface area contributed by atoms with Gasteiger partial charge in [-0.3, -0.25) is 0 Å². The number of hydrogen-bond acceptors (Lipinski definition) is 3. The molecule has 86 valence electrons. The molecule has 0 fully saturated rings. The van der Waals surface area contributed by atoms with Crippen molar-refractivity contribution >= 4 is 5.69 Å². The Kier molecular flexibility index (Phi) is 4.81. The Morgan fingerprint density at radius 3 is 2.81 bits per heavy atom. The number of hydrogen-bond donors (Lipinski definition) is 1. The smallest absolute Gasteiger partial charge is 0.0994 e. The minimum Gasteiger partial charge on any atom is -0.382 e. The fourth-order valence-corrected chi connectivity index (χ4v) is 1.50. The molecule has 0 bridgehead atoms. The maximum Gasteiger partial charge on any atom is 0.0994 e. The minimum atomic E-state index is 0.195. The largest absolute Gasteiger partial charge is 0.382 e. The van der Waals surface area contributed by atoms with Crippen LogP contribution in [0.3, 0.4) is 0 Å². The molecule has 0 saturated carbocycles. The lowest BCUT2D eigenvalue weighted by atomic mass is 10.1. The maximum atomic E-state index is 8.81. The lowest BCUT2D eigenvalue weighted by Gasteiger charge is -2.14. The Hall–Kier alpha value is -1.53. The van der Waals surface area contributed by atoms with Gasteiger partial charge in [0.1, 0.15) is 0 Å². The molecule has 0 saturated heterocycles. The summed E-state index contributed by atoms with van der Waals surface area (Å²) in [4.78, 5) is 0. The molecule has 16 heavy (non-hydrogen) atoms. The highest BCUT2D eigenvalue weighted by Crippen LogP contribution is 2.14. The number of anilines is 1. The zero-order chi connectivity index (χ0) is 12.0. The Morgan fingerprint density at radius 2 is 2.25 bits per heavy atom. The van der Waals surface area contributed by atoms with E-state index >= 15 is 0 Å². The first kappa shape index (κ1) is 12.5. The van der Waals surface area contributed by atoms with Crippen molar-refractivity contribution in [1.82, 2.24) is 0 Å². The molecule has 0 aromatic heterocycles. The molecule has 3 nitrogen and oxygen atoms in total. The van der Waals surface area contributed by atoms with Gasteiger partial charge in [0.15, 0.2) is 0 Å². The quantitative estimate of drug-likeness (QED) is 0.826. The number of aryl methyl sites for hydroxylation is 1. The third kappa shape index (κ3) is 3.56. The third-order valence-corrected chi connectivity index (χ3v) is 2.39. The molecule has 1 rings (SSSR count). The van der Waals surface area contributed by atoms with Crippen LogP contribution < -0.4 is 5.32 Å². The average molecular weight is 218 g/mol. The van der Waals surface area contributed by atoms with Crippen LogP contribution in [-0.2, 0) is 4.74 Å². The Labute approximate surface area is 97.0 Å². The second kappa shape index (κ2) is 6.14. The van der Waals surface area contributed by atoms with E-state index in [1.165, 1.54) is 0 Å². The van der Waals surface area contributed by atoms with Crippen LogP contribution in [0, 0.1) is 18.3 Å². The van der Waals surface area contributed by atoms with Crippen LogP contribution in [0.5, 0.6) is 0 Å². The topological polar surface area (TPSA) is 45.0 Å². The summed E-state index contributed by atoms with van der Waals surface area (Å²) >= 11 is 0. The van der Waals surface area contributed by atoms with Crippen LogP contribution in [0.4, 0.5) is 5.69 Å². The van der Waals surface area contributed by atoms with Gasteiger partial charge in [-0.15, -0.1) is 0 Å². The molecule has 0 aliphatic heterocycles. The molecule has 1 aromatic rings. The van der Waals surface area contributed by atoms with E-state index in [9.17, 15) is 0 Å². The SMILES string of the molecule is CCOC(C)CNc1ccc(C#N)c(C)c1. The minimum absolute atomic E-state index is 0.195. The summed E-state index contributed by atoms with van der Waals surface area (Å²) in [5, 5.41) is 12.1. The van der Waals surface area contributed by atoms with Crippen molar-refractivity contribution in [2.24, 2.45) is 0 Å². The predicted octanol–water partition coefficient (Wildman–Crippen LogP) is 2.70. The maximum absolute atomic E-state index is 8.81. The number of nitriles is 1. The van der Waals surface area contributed by atoms with E-state index in [1.54, 1.807) is 0 Å². The first-order valence-electron chi connectivity index (χ1n) is 5.53. The van der Waals surface area contributed by atoms with Gasteiger partial charge >= 0.3 is 0 Å². The molecule has 0 aliphatic carbocycles. The summed E-state index contributed by atoms with van der Waals surface area (Å²) in [6.07, 6.45) is 0.195. The van der Waals surface area contributed by atoms with E-state index in [-0.39, 0.29) is 6.10 Å². The average Bonchev–Trinajstić information content (AvgIpc) is 2.27. The van der Waals surface area contributed by atoms with Gasteiger partial charge < -0.3 is 10.1 Å². The van der Waals surface area contributed by atoms with Crippen LogP contribution >= 0.6 is 0 Å². The van der Waals surface area contributed by atoms with Crippen molar-refractivity contribution in [2.75, 3.05) is 18.5 Å². The van der Waals surface area contributed by atoms with Crippen molar-refractivity contribution in [3.63, 3.8) is 0 Å². The van der Waals surface area contributed by atoms with Crippen LogP contribution in [-0.4, -0.2) is 19.3 Å². The molecule has 1 unspecified atom stereocenters. The Bertz CT molecular complexity index is 382. The number of benzene rings is 1. The lowest BCUT2D eigenvalue weighted by molar-refractivity contribution is 0.0855. The molecular weight excluding hydrogens is 200 g/mol. The normalized spacial score (nSPS) is 11.9. The summed E-state index contributed by atoms with van der Waals surface area (Å²) < 4.78 is 5.42. The lowest BCUT2D eigenvalue weighted by Crippen LogP contribution is -2.19. The molecule has 0 heterocycles. The number of nitrogens with one attached hydrogen (secondary N) is 1. The van der Waals surface area contributed by atoms with Crippen molar-refractivity contribution in [3.8, 4) is 6.07 Å². The van der Waals surface area contributed by atoms with E-state index < -0.39 is 0 Å². The van der Waals surface area contributed by atoms with E-state index in [4.69, 9.17) is 10.00 Å². The van der Waals surface area contributed by atoms with Gasteiger partial charge in [-0.05, 0) is 44.5 Å². The Balaban J connectivity index is 2.56. The van der Waals surface area contributed by atoms with Crippen molar-refractivity contribution in [2.45, 2.75) is 26.9 Å². The monoisotopic (exact) mass is 218 g/mol. The zero-order valence-electron chi connectivity index (χ0n) is 10.1. The summed E-state index contributed by atoms with van der Waals surface area (Å²) in [6.45, 7) is 7.47. The fourth-order valence-electron chi connectivity index (χ4n) is 1.50. The van der Waals surface area contributed by atoms with Gasteiger partial charge in [-0.25, -0.2) is 0 Å². The third-order valence-electron chi connectivity index (χ3n) is 2.39. The van der Waals surface area contributed by atoms with Crippen LogP contribution in [0.2, 0.25) is 0 Å². The van der Waals surface area contributed by atoms with Crippen LogP contribution in [0.25, 0.3) is 0 Å². The number of rotatable bonds is 5. The van der Waals surface area contributed by atoms with Crippen molar-refractivity contribution in [1.29, 1.82) is 5.26 Å². The van der Waals surface area contributed by atoms with Gasteiger partial charge in [0.25, 0.3) is 0 Å². The van der Waals surface area contributed by atoms with Crippen LogP contribution in [0.1, 0.15) is 25.0 Å². The molecule has 1 aromatic carbocycles. The molecule has 0 amide bonds. The van der Waals surface area contributed by atoms with Gasteiger partial charge in [-0.2, -0.15) is 5.26 Å². The van der Waals surface area contributed by atoms with Gasteiger partial charge in [0.2, 0.25) is 0 Å². The highest BCUT2D eigenvalue weighted by atomic mass is 16.5. The summed E-state index contributed by atoms with van der Waals surface area (Å²) in [5.74, 6) is 0. The number of nitrogens with zero attached hydrogens (tertiary/aromatic N) is 1. The van der Waals surface area contributed by atoms with E-state index in [0.717, 1.165) is 30.0 Å². The zero-order valence-corrected chi connectivity index (χ0v) is 10.1. The standard InChI is InChI=1S/C13H18N2O/c1-4-16-11(3)9-15-13-6-5-12(8-14)10(2)7-13/h5-7,11,15H,4,9H2,1-3H3. The first-order chi connectivity index (χ1) is 7.67. The van der Waals surface area contributed by atoms with Crippen molar-refractivity contribution < 1.29 is 4.74 Å². The van der Waals surface area contributed by atoms with Gasteiger partial charge in [-0.1, -0.05) is 0 Å². The fraction of sp³-hybridized carbons (Fsp3) is 0.462. The van der Waals surface area contributed by atoms with Gasteiger partial charge in [0.05, 0.1) is 17.7 Å². The Morgan fingerprint density at radius 1 is 1.50 bits per heavy atom. The number of ether oxygens (including phenoxy) is 1. The summed E-state index contributed by atoms with van der Waals surface area (Å²) in [5.41, 5.74) is 2.75. The summed E-state index contributed by atoms with van der Waals surface area (Å²) in [7, 11) is 0. The molecule has 1 atom stereocenters. The molecule has 3 heteroatoms. The second-order valence-electron chi connectivity index (χ2n) is 3.79. The van der Waals surface area contributed by atoms with Crippen LogP contribution in [0.15, 0.2) is 18.2 Å². The molecule has 0 aliphatic rings. The van der Waals surface area contributed by atoms with E-state index in [1.807, 2.05) is 39.0 Å². The highest BCUT2D eigenvalue weighted by Gasteiger charge is 2.02. The van der Waals surface area contributed by atoms with Gasteiger partial charge in [0, 0.05) is 18.8 Å². The highest BCUT2D eigenvalue weighted by molar-refractivity contribution is 5.51. The molecular formula is C13H18N2O. The molecule has 1 N–H and O–H groups in total. The second-order valence-corrected chi connectivity index (χ2v) is 3.79. The summed E-state index contributed by atoms with van der Waals surface area (Å²) in [6, 6.07) is 7.90. The van der Waals surface area contributed by atoms with E-state index in [0.29, 0.717) is 0 Å².